The highest BCUT2D eigenvalue weighted by atomic mass is 16.6. The van der Waals surface area contributed by atoms with Crippen molar-refractivity contribution < 1.29 is 23.9 Å². The molecule has 0 rings (SSSR count). The van der Waals surface area contributed by atoms with Crippen LogP contribution in [0.15, 0.2) is 0 Å². The Morgan fingerprint density at radius 2 is 1.05 bits per heavy atom. The summed E-state index contributed by atoms with van der Waals surface area (Å²) < 4.78 is 9.45. The smallest absolute Gasteiger partial charge is 0.386 e. The normalized spacial score (nSPS) is 10.1. The van der Waals surface area contributed by atoms with Crippen LogP contribution in [0.3, 0.4) is 0 Å². The summed E-state index contributed by atoms with van der Waals surface area (Å²) in [6.45, 7) is 4.50. The molecule has 116 valence electrons. The second-order valence-corrected chi connectivity index (χ2v) is 4.72. The zero-order valence-electron chi connectivity index (χ0n) is 12.6. The summed E-state index contributed by atoms with van der Waals surface area (Å²) in [6, 6.07) is 0. The third kappa shape index (κ3) is 9.53. The van der Waals surface area contributed by atoms with Crippen LogP contribution in [0.4, 0.5) is 0 Å². The Balaban J connectivity index is 3.70. The maximum absolute atomic E-state index is 11.3. The van der Waals surface area contributed by atoms with E-state index in [1.54, 1.807) is 0 Å². The maximum Gasteiger partial charge on any atom is 0.386 e. The van der Waals surface area contributed by atoms with Gasteiger partial charge in [-0.15, -0.1) is 0 Å². The van der Waals surface area contributed by atoms with Crippen molar-refractivity contribution in [2.45, 2.75) is 65.2 Å². The minimum Gasteiger partial charge on any atom is -0.460 e. The minimum atomic E-state index is -1.21. The van der Waals surface area contributed by atoms with Gasteiger partial charge in [0.05, 0.1) is 13.2 Å². The van der Waals surface area contributed by atoms with Crippen molar-refractivity contribution in [2.75, 3.05) is 13.2 Å². The van der Waals surface area contributed by atoms with E-state index in [4.69, 9.17) is 9.47 Å². The lowest BCUT2D eigenvalue weighted by Gasteiger charge is -2.04. The molecule has 0 aliphatic rings. The Morgan fingerprint density at radius 3 is 1.40 bits per heavy atom. The number of carbonyl (C=O) groups is 3. The van der Waals surface area contributed by atoms with Crippen molar-refractivity contribution in [3.8, 4) is 0 Å². The summed E-state index contributed by atoms with van der Waals surface area (Å²) in [7, 11) is 0. The van der Waals surface area contributed by atoms with Crippen molar-refractivity contribution in [1.82, 2.24) is 0 Å². The molecule has 0 atom stereocenters. The number of Topliss-reactive ketones (excluding diaryl/α,β-unsaturated/α-hetero) is 1. The molecule has 0 aromatic rings. The molecule has 5 heteroatoms. The standard InChI is InChI=1S/C15H26O5/c1-3-5-7-9-11-19-14(17)13(16)15(18)20-12-10-8-6-4-2/h3-12H2,1-2H3. The Morgan fingerprint density at radius 1 is 0.650 bits per heavy atom. The predicted molar refractivity (Wildman–Crippen MR) is 75.2 cm³/mol. The lowest BCUT2D eigenvalue weighted by atomic mass is 10.2. The van der Waals surface area contributed by atoms with Gasteiger partial charge in [0.1, 0.15) is 0 Å². The van der Waals surface area contributed by atoms with Gasteiger partial charge in [-0.1, -0.05) is 52.4 Å². The van der Waals surface area contributed by atoms with E-state index in [1.165, 1.54) is 0 Å². The first-order valence-electron chi connectivity index (χ1n) is 7.51. The van der Waals surface area contributed by atoms with E-state index >= 15 is 0 Å². The molecule has 0 bridgehead atoms. The molecule has 0 N–H and O–H groups in total. The first kappa shape index (κ1) is 18.6. The first-order valence-corrected chi connectivity index (χ1v) is 7.51. The molecule has 0 aromatic heterocycles. The number of hydrogen-bond donors (Lipinski definition) is 0. The van der Waals surface area contributed by atoms with Crippen molar-refractivity contribution in [3.05, 3.63) is 0 Å². The molecule has 0 aliphatic heterocycles. The van der Waals surface area contributed by atoms with Crippen molar-refractivity contribution in [2.24, 2.45) is 0 Å². The van der Waals surface area contributed by atoms with Gasteiger partial charge in [-0.05, 0) is 12.8 Å². The third-order valence-electron chi connectivity index (χ3n) is 2.83. The van der Waals surface area contributed by atoms with E-state index in [9.17, 15) is 14.4 Å². The van der Waals surface area contributed by atoms with Crippen molar-refractivity contribution in [1.29, 1.82) is 0 Å². The number of carbonyl (C=O) groups excluding carboxylic acids is 3. The Bertz CT molecular complexity index is 271. The van der Waals surface area contributed by atoms with Crippen molar-refractivity contribution >= 4 is 17.7 Å². The fourth-order valence-electron chi connectivity index (χ4n) is 1.60. The summed E-state index contributed by atoms with van der Waals surface area (Å²) in [5, 5.41) is 0. The van der Waals surface area contributed by atoms with E-state index in [1.807, 2.05) is 0 Å². The van der Waals surface area contributed by atoms with Gasteiger partial charge in [0, 0.05) is 0 Å². The Hall–Kier alpha value is -1.39. The number of unbranched alkanes of at least 4 members (excludes halogenated alkanes) is 6. The Labute approximate surface area is 121 Å². The molecule has 20 heavy (non-hydrogen) atoms. The molecule has 0 aromatic carbocycles. The Kier molecular flexibility index (Phi) is 11.8. The van der Waals surface area contributed by atoms with Crippen LogP contribution < -0.4 is 0 Å². The molecule has 0 aliphatic carbocycles. The average Bonchev–Trinajstić information content (AvgIpc) is 2.45. The van der Waals surface area contributed by atoms with Crippen LogP contribution in [0.25, 0.3) is 0 Å². The van der Waals surface area contributed by atoms with E-state index in [0.717, 1.165) is 38.5 Å². The van der Waals surface area contributed by atoms with E-state index < -0.39 is 17.7 Å². The second-order valence-electron chi connectivity index (χ2n) is 4.72. The molecule has 0 fully saturated rings. The van der Waals surface area contributed by atoms with Gasteiger partial charge < -0.3 is 9.47 Å². The van der Waals surface area contributed by atoms with Crippen molar-refractivity contribution in [3.63, 3.8) is 0 Å². The summed E-state index contributed by atoms with van der Waals surface area (Å²) in [6.07, 6.45) is 7.59. The van der Waals surface area contributed by atoms with Crippen LogP contribution in [0.5, 0.6) is 0 Å². The van der Waals surface area contributed by atoms with Gasteiger partial charge in [-0.25, -0.2) is 9.59 Å². The number of hydrogen-bond acceptors (Lipinski definition) is 5. The zero-order valence-corrected chi connectivity index (χ0v) is 12.6. The number of ketones is 1. The quantitative estimate of drug-likeness (QED) is 0.239. The van der Waals surface area contributed by atoms with Crippen LogP contribution in [0.1, 0.15) is 65.2 Å². The second kappa shape index (κ2) is 12.6. The molecule has 0 heterocycles. The van der Waals surface area contributed by atoms with Crippen LogP contribution in [-0.4, -0.2) is 30.9 Å². The van der Waals surface area contributed by atoms with Gasteiger partial charge in [-0.2, -0.15) is 0 Å². The molecular weight excluding hydrogens is 260 g/mol. The van der Waals surface area contributed by atoms with Crippen LogP contribution in [-0.2, 0) is 23.9 Å². The summed E-state index contributed by atoms with van der Waals surface area (Å²) >= 11 is 0. The molecule has 0 spiro atoms. The number of rotatable bonds is 12. The molecule has 0 radical (unpaired) electrons. The highest BCUT2D eigenvalue weighted by Gasteiger charge is 2.25. The summed E-state index contributed by atoms with van der Waals surface area (Å²) in [5.74, 6) is -3.43. The topological polar surface area (TPSA) is 69.7 Å². The van der Waals surface area contributed by atoms with Crippen LogP contribution >= 0.6 is 0 Å². The van der Waals surface area contributed by atoms with Gasteiger partial charge in [0.25, 0.3) is 0 Å². The maximum atomic E-state index is 11.3. The third-order valence-corrected chi connectivity index (χ3v) is 2.83. The SMILES string of the molecule is CCCCCCOC(=O)C(=O)C(=O)OCCCCCC. The van der Waals surface area contributed by atoms with E-state index in [0.29, 0.717) is 12.8 Å². The highest BCUT2D eigenvalue weighted by Crippen LogP contribution is 2.01. The molecule has 0 saturated carbocycles. The summed E-state index contributed by atoms with van der Waals surface area (Å²) in [5.41, 5.74) is 0. The van der Waals surface area contributed by atoms with E-state index in [2.05, 4.69) is 13.8 Å². The molecule has 0 amide bonds. The van der Waals surface area contributed by atoms with Gasteiger partial charge in [0.2, 0.25) is 0 Å². The molecular formula is C15H26O5. The first-order chi connectivity index (χ1) is 9.63. The minimum absolute atomic E-state index is 0.175. The fourth-order valence-corrected chi connectivity index (χ4v) is 1.60. The monoisotopic (exact) mass is 286 g/mol. The van der Waals surface area contributed by atoms with Crippen LogP contribution in [0, 0.1) is 0 Å². The number of esters is 2. The average molecular weight is 286 g/mol. The fraction of sp³-hybridized carbons (Fsp3) is 0.800. The lowest BCUT2D eigenvalue weighted by molar-refractivity contribution is -0.164. The lowest BCUT2D eigenvalue weighted by Crippen LogP contribution is -2.28. The molecule has 5 nitrogen and oxygen atoms in total. The largest absolute Gasteiger partial charge is 0.460 e. The zero-order chi connectivity index (χ0) is 15.2. The molecule has 0 saturated heterocycles. The molecule has 0 unspecified atom stereocenters. The predicted octanol–water partition coefficient (Wildman–Crippen LogP) is 2.80. The number of ether oxygens (including phenoxy) is 2. The van der Waals surface area contributed by atoms with Gasteiger partial charge >= 0.3 is 17.7 Å². The van der Waals surface area contributed by atoms with Gasteiger partial charge in [-0.3, -0.25) is 4.79 Å². The highest BCUT2D eigenvalue weighted by molar-refractivity contribution is 6.60. The summed E-state index contributed by atoms with van der Waals surface area (Å²) in [4.78, 5) is 33.9. The van der Waals surface area contributed by atoms with Gasteiger partial charge in [0.15, 0.2) is 0 Å². The van der Waals surface area contributed by atoms with Crippen LogP contribution in [0.2, 0.25) is 0 Å². The van der Waals surface area contributed by atoms with E-state index in [-0.39, 0.29) is 13.2 Å².